The molecule has 3 aromatic rings. The number of benzene rings is 1. The number of hydrogen-bond acceptors (Lipinski definition) is 4. The smallest absolute Gasteiger partial charge is 0.257 e. The number of nitrogens with one attached hydrogen (secondary N) is 2. The van der Waals surface area contributed by atoms with Crippen LogP contribution in [0, 0.1) is 0 Å². The van der Waals surface area contributed by atoms with Crippen LogP contribution >= 0.6 is 23.2 Å². The maximum atomic E-state index is 12.4. The third kappa shape index (κ3) is 4.68. The van der Waals surface area contributed by atoms with Gasteiger partial charge in [-0.1, -0.05) is 23.2 Å². The average Bonchev–Trinajstić information content (AvgIpc) is 2.64. The molecule has 0 aliphatic heterocycles. The van der Waals surface area contributed by atoms with E-state index in [1.54, 1.807) is 42.9 Å². The highest BCUT2D eigenvalue weighted by atomic mass is 35.5. The molecule has 0 radical (unpaired) electrons. The molecule has 5 nitrogen and oxygen atoms in total. The van der Waals surface area contributed by atoms with Gasteiger partial charge < -0.3 is 10.6 Å². The van der Waals surface area contributed by atoms with Gasteiger partial charge in [-0.25, -0.2) is 0 Å². The van der Waals surface area contributed by atoms with Crippen molar-refractivity contribution >= 4 is 40.5 Å². The molecule has 0 spiro atoms. The molecule has 0 saturated heterocycles. The molecular formula is C18H14Cl2N4O. The SMILES string of the molecule is O=C(Nc1ccc(Cl)c(Cl)c1)c1cncc(NCc2ccncc2)c1. The van der Waals surface area contributed by atoms with Crippen LogP contribution < -0.4 is 10.6 Å². The van der Waals surface area contributed by atoms with Crippen LogP contribution in [0.4, 0.5) is 11.4 Å². The Balaban J connectivity index is 1.67. The van der Waals surface area contributed by atoms with Crippen LogP contribution in [0.2, 0.25) is 10.0 Å². The molecule has 25 heavy (non-hydrogen) atoms. The molecule has 1 amide bonds. The van der Waals surface area contributed by atoms with Crippen molar-refractivity contribution < 1.29 is 4.79 Å². The molecule has 0 saturated carbocycles. The first-order valence-electron chi connectivity index (χ1n) is 7.46. The van der Waals surface area contributed by atoms with Gasteiger partial charge in [0.05, 0.1) is 21.3 Å². The van der Waals surface area contributed by atoms with Gasteiger partial charge in [0, 0.05) is 37.0 Å². The lowest BCUT2D eigenvalue weighted by Crippen LogP contribution is -2.12. The van der Waals surface area contributed by atoms with Crippen LogP contribution in [0.5, 0.6) is 0 Å². The summed E-state index contributed by atoms with van der Waals surface area (Å²) in [6.07, 6.45) is 6.63. The van der Waals surface area contributed by atoms with E-state index in [1.807, 2.05) is 12.1 Å². The molecule has 1 aromatic carbocycles. The Labute approximate surface area is 155 Å². The molecule has 3 rings (SSSR count). The molecule has 7 heteroatoms. The van der Waals surface area contributed by atoms with E-state index in [1.165, 1.54) is 6.20 Å². The van der Waals surface area contributed by atoms with Crippen LogP contribution in [0.3, 0.4) is 0 Å². The summed E-state index contributed by atoms with van der Waals surface area (Å²) in [5.74, 6) is -0.279. The zero-order valence-electron chi connectivity index (χ0n) is 13.0. The number of rotatable bonds is 5. The van der Waals surface area contributed by atoms with Crippen molar-refractivity contribution in [1.82, 2.24) is 9.97 Å². The van der Waals surface area contributed by atoms with Crippen LogP contribution in [-0.4, -0.2) is 15.9 Å². The predicted octanol–water partition coefficient (Wildman–Crippen LogP) is 4.65. The van der Waals surface area contributed by atoms with E-state index in [0.29, 0.717) is 27.8 Å². The van der Waals surface area contributed by atoms with Gasteiger partial charge in [-0.3, -0.25) is 14.8 Å². The van der Waals surface area contributed by atoms with Crippen molar-refractivity contribution in [3.05, 3.63) is 82.4 Å². The number of amides is 1. The summed E-state index contributed by atoms with van der Waals surface area (Å²) in [6.45, 7) is 0.613. The van der Waals surface area contributed by atoms with E-state index in [9.17, 15) is 4.79 Å². The number of aromatic nitrogens is 2. The van der Waals surface area contributed by atoms with Crippen molar-refractivity contribution in [3.8, 4) is 0 Å². The highest BCUT2D eigenvalue weighted by Gasteiger charge is 2.09. The lowest BCUT2D eigenvalue weighted by molar-refractivity contribution is 0.102. The predicted molar refractivity (Wildman–Crippen MR) is 100 cm³/mol. The first-order valence-corrected chi connectivity index (χ1v) is 8.21. The number of nitrogens with zero attached hydrogens (tertiary/aromatic N) is 2. The highest BCUT2D eigenvalue weighted by Crippen LogP contribution is 2.25. The monoisotopic (exact) mass is 372 g/mol. The second-order valence-electron chi connectivity index (χ2n) is 5.25. The average molecular weight is 373 g/mol. The zero-order chi connectivity index (χ0) is 17.6. The Kier molecular flexibility index (Phi) is 5.48. The Bertz CT molecular complexity index is 887. The topological polar surface area (TPSA) is 66.9 Å². The Hall–Kier alpha value is -2.63. The van der Waals surface area contributed by atoms with Crippen LogP contribution in [0.25, 0.3) is 0 Å². The number of hydrogen-bond donors (Lipinski definition) is 2. The molecule has 126 valence electrons. The standard InChI is InChI=1S/C18H14Cl2N4O/c19-16-2-1-14(8-17(16)20)24-18(25)13-7-15(11-22-10-13)23-9-12-3-5-21-6-4-12/h1-8,10-11,23H,9H2,(H,24,25). The number of carbonyl (C=O) groups is 1. The fraction of sp³-hybridized carbons (Fsp3) is 0.0556. The maximum Gasteiger partial charge on any atom is 0.257 e. The minimum Gasteiger partial charge on any atom is -0.380 e. The molecule has 2 aromatic heterocycles. The molecule has 0 atom stereocenters. The van der Waals surface area contributed by atoms with Crippen LogP contribution in [-0.2, 0) is 6.54 Å². The summed E-state index contributed by atoms with van der Waals surface area (Å²) >= 11 is 11.8. The summed E-state index contributed by atoms with van der Waals surface area (Å²) in [5, 5.41) is 6.81. The largest absolute Gasteiger partial charge is 0.380 e. The summed E-state index contributed by atoms with van der Waals surface area (Å²) in [6, 6.07) is 10.5. The van der Waals surface area contributed by atoms with Gasteiger partial charge in [0.2, 0.25) is 0 Å². The molecular weight excluding hydrogens is 359 g/mol. The lowest BCUT2D eigenvalue weighted by atomic mass is 10.2. The van der Waals surface area contributed by atoms with Crippen molar-refractivity contribution in [2.45, 2.75) is 6.54 Å². The molecule has 0 fully saturated rings. The molecule has 0 unspecified atom stereocenters. The molecule has 2 heterocycles. The summed E-state index contributed by atoms with van der Waals surface area (Å²) in [5.41, 5.74) is 2.83. The van der Waals surface area contributed by atoms with Crippen molar-refractivity contribution in [3.63, 3.8) is 0 Å². The molecule has 2 N–H and O–H groups in total. The van der Waals surface area contributed by atoms with Crippen LogP contribution in [0.1, 0.15) is 15.9 Å². The highest BCUT2D eigenvalue weighted by molar-refractivity contribution is 6.42. The van der Waals surface area contributed by atoms with Crippen molar-refractivity contribution in [2.24, 2.45) is 0 Å². The summed E-state index contributed by atoms with van der Waals surface area (Å²) in [4.78, 5) is 20.5. The first kappa shape index (κ1) is 17.2. The Morgan fingerprint density at radius 3 is 2.48 bits per heavy atom. The number of carbonyl (C=O) groups excluding carboxylic acids is 1. The van der Waals surface area contributed by atoms with E-state index < -0.39 is 0 Å². The van der Waals surface area contributed by atoms with Gasteiger partial charge in [0.15, 0.2) is 0 Å². The second-order valence-corrected chi connectivity index (χ2v) is 6.07. The second kappa shape index (κ2) is 7.96. The van der Waals surface area contributed by atoms with Gasteiger partial charge in [-0.2, -0.15) is 0 Å². The number of anilines is 2. The van der Waals surface area contributed by atoms with Gasteiger partial charge in [0.1, 0.15) is 0 Å². The first-order chi connectivity index (χ1) is 12.1. The quantitative estimate of drug-likeness (QED) is 0.683. The fourth-order valence-electron chi connectivity index (χ4n) is 2.14. The van der Waals surface area contributed by atoms with Gasteiger partial charge in [-0.05, 0) is 42.0 Å². The van der Waals surface area contributed by atoms with E-state index in [2.05, 4.69) is 20.6 Å². The third-order valence-corrected chi connectivity index (χ3v) is 4.16. The minimum absolute atomic E-state index is 0.279. The number of pyridine rings is 2. The van der Waals surface area contributed by atoms with Gasteiger partial charge in [-0.15, -0.1) is 0 Å². The van der Waals surface area contributed by atoms with E-state index in [-0.39, 0.29) is 5.91 Å². The Morgan fingerprint density at radius 2 is 1.72 bits per heavy atom. The summed E-state index contributed by atoms with van der Waals surface area (Å²) < 4.78 is 0. The molecule has 0 aliphatic rings. The zero-order valence-corrected chi connectivity index (χ0v) is 14.6. The Morgan fingerprint density at radius 1 is 0.920 bits per heavy atom. The van der Waals surface area contributed by atoms with Gasteiger partial charge in [0.25, 0.3) is 5.91 Å². The minimum atomic E-state index is -0.279. The molecule has 0 bridgehead atoms. The van der Waals surface area contributed by atoms with E-state index in [4.69, 9.17) is 23.2 Å². The summed E-state index contributed by atoms with van der Waals surface area (Å²) in [7, 11) is 0. The third-order valence-electron chi connectivity index (χ3n) is 3.42. The molecule has 0 aliphatic carbocycles. The number of halogens is 2. The van der Waals surface area contributed by atoms with Crippen molar-refractivity contribution in [2.75, 3.05) is 10.6 Å². The lowest BCUT2D eigenvalue weighted by Gasteiger charge is -2.09. The fourth-order valence-corrected chi connectivity index (χ4v) is 2.44. The van der Waals surface area contributed by atoms with E-state index in [0.717, 1.165) is 11.3 Å². The van der Waals surface area contributed by atoms with Crippen molar-refractivity contribution in [1.29, 1.82) is 0 Å². The normalized spacial score (nSPS) is 10.3. The maximum absolute atomic E-state index is 12.4. The van der Waals surface area contributed by atoms with Crippen LogP contribution in [0.15, 0.2) is 61.2 Å². The van der Waals surface area contributed by atoms with Gasteiger partial charge >= 0.3 is 0 Å². The van der Waals surface area contributed by atoms with E-state index >= 15 is 0 Å².